The zero-order valence-corrected chi connectivity index (χ0v) is 53.9. The minimum Gasteiger partial charge on any atom is -0.462 e. The molecule has 0 spiro atoms. The quantitative estimate of drug-likeness (QED) is 0.0261. The Bertz CT molecular complexity index is 1380. The molecule has 0 saturated carbocycles. The van der Waals surface area contributed by atoms with E-state index in [1.165, 1.54) is 270 Å². The van der Waals surface area contributed by atoms with E-state index in [1.54, 1.807) is 0 Å². The second kappa shape index (κ2) is 68.9. The Morgan fingerprint density at radius 3 is 0.750 bits per heavy atom. The fraction of sp³-hybridized carbons (Fsp3) is 0.851. The zero-order valence-electron chi connectivity index (χ0n) is 53.9. The van der Waals surface area contributed by atoms with Crippen LogP contribution in [0.25, 0.3) is 0 Å². The summed E-state index contributed by atoms with van der Waals surface area (Å²) in [6.07, 6.45) is 87.3. The fourth-order valence-corrected chi connectivity index (χ4v) is 10.6. The summed E-state index contributed by atoms with van der Waals surface area (Å²) in [5, 5.41) is 0. The number of hydrogen-bond donors (Lipinski definition) is 0. The number of unbranched alkanes of at least 4 members (excludes halogenated alkanes) is 47. The van der Waals surface area contributed by atoms with Gasteiger partial charge in [0.15, 0.2) is 6.10 Å². The Morgan fingerprint density at radius 2 is 0.463 bits per heavy atom. The van der Waals surface area contributed by atoms with Crippen LogP contribution in [0.15, 0.2) is 48.6 Å². The first kappa shape index (κ1) is 77.4. The van der Waals surface area contributed by atoms with Crippen LogP contribution in [-0.4, -0.2) is 37.2 Å². The molecule has 80 heavy (non-hydrogen) atoms. The van der Waals surface area contributed by atoms with Gasteiger partial charge in [-0.1, -0.05) is 320 Å². The molecule has 6 nitrogen and oxygen atoms in total. The molecule has 1 atom stereocenters. The van der Waals surface area contributed by atoms with Crippen LogP contribution in [-0.2, 0) is 28.6 Å². The molecule has 0 aromatic carbocycles. The summed E-state index contributed by atoms with van der Waals surface area (Å²) in [7, 11) is 0. The molecule has 0 aliphatic rings. The van der Waals surface area contributed by atoms with E-state index in [9.17, 15) is 14.4 Å². The van der Waals surface area contributed by atoms with Gasteiger partial charge in [0.2, 0.25) is 0 Å². The van der Waals surface area contributed by atoms with Crippen molar-refractivity contribution in [3.63, 3.8) is 0 Å². The lowest BCUT2D eigenvalue weighted by atomic mass is 10.0. The lowest BCUT2D eigenvalue weighted by molar-refractivity contribution is -0.167. The maximum Gasteiger partial charge on any atom is 0.306 e. The summed E-state index contributed by atoms with van der Waals surface area (Å²) in [5.41, 5.74) is 0. The second-order valence-corrected chi connectivity index (χ2v) is 24.1. The maximum atomic E-state index is 12.9. The monoisotopic (exact) mass is 1120 g/mol. The summed E-state index contributed by atoms with van der Waals surface area (Å²) in [5.74, 6) is -0.872. The molecule has 0 bridgehead atoms. The predicted octanol–water partition coefficient (Wildman–Crippen LogP) is 24.5. The number of carbonyl (C=O) groups is 3. The highest BCUT2D eigenvalue weighted by Crippen LogP contribution is 2.18. The lowest BCUT2D eigenvalue weighted by Crippen LogP contribution is -2.30. The minimum atomic E-state index is -0.779. The van der Waals surface area contributed by atoms with Crippen LogP contribution < -0.4 is 0 Å². The fourth-order valence-electron chi connectivity index (χ4n) is 10.6. The SMILES string of the molecule is CCCC/C=C\CCCCCCCC(=O)OCC(COC(=O)CCCCCCCCCCCCCCCCCCCCCCC/C=C\CCCCCCCCCC)OC(=O)CCCCCCCCC/C=C\C/C=C\CCCCCC. The third-order valence-corrected chi connectivity index (χ3v) is 16.0. The summed E-state index contributed by atoms with van der Waals surface area (Å²) in [6, 6.07) is 0. The number of allylic oxidation sites excluding steroid dienone is 8. The molecule has 0 fully saturated rings. The standard InChI is InChI=1S/C74H136O6/c1-4-7-10-13-16-19-22-24-26-28-30-31-32-33-34-35-36-37-38-39-40-41-42-43-44-46-47-49-52-55-58-61-64-67-73(76)79-70-71(69-78-72(75)66-63-60-57-54-51-21-18-15-12-9-6-3)80-74(77)68-65-62-59-56-53-50-48-45-29-27-25-23-20-17-14-11-8-5-2/h15,18,20,23,27-30,71H,4-14,16-17,19,21-22,24-26,31-70H2,1-3H3/b18-15-,23-20-,29-27-,30-28-. The van der Waals surface area contributed by atoms with Gasteiger partial charge in [0.05, 0.1) is 0 Å². The van der Waals surface area contributed by atoms with Gasteiger partial charge in [0.25, 0.3) is 0 Å². The van der Waals surface area contributed by atoms with Crippen molar-refractivity contribution < 1.29 is 28.6 Å². The average molecular weight is 1120 g/mol. The predicted molar refractivity (Wildman–Crippen MR) is 349 cm³/mol. The topological polar surface area (TPSA) is 78.9 Å². The van der Waals surface area contributed by atoms with E-state index in [2.05, 4.69) is 69.4 Å². The minimum absolute atomic E-state index is 0.0753. The summed E-state index contributed by atoms with van der Waals surface area (Å²) in [4.78, 5) is 38.3. The van der Waals surface area contributed by atoms with Crippen molar-refractivity contribution in [3.05, 3.63) is 48.6 Å². The highest BCUT2D eigenvalue weighted by Gasteiger charge is 2.19. The van der Waals surface area contributed by atoms with Crippen molar-refractivity contribution in [3.8, 4) is 0 Å². The lowest BCUT2D eigenvalue weighted by Gasteiger charge is -2.18. The molecule has 0 rings (SSSR count). The smallest absolute Gasteiger partial charge is 0.306 e. The van der Waals surface area contributed by atoms with E-state index >= 15 is 0 Å². The number of ether oxygens (including phenoxy) is 3. The van der Waals surface area contributed by atoms with Crippen LogP contribution in [0.1, 0.15) is 387 Å². The molecular formula is C74H136O6. The molecule has 1 unspecified atom stereocenters. The number of carbonyl (C=O) groups excluding carboxylic acids is 3. The summed E-state index contributed by atoms with van der Waals surface area (Å²) >= 11 is 0. The number of esters is 3. The molecule has 0 aliphatic heterocycles. The molecule has 0 aromatic rings. The molecule has 0 radical (unpaired) electrons. The van der Waals surface area contributed by atoms with Gasteiger partial charge in [-0.25, -0.2) is 0 Å². The molecule has 6 heteroatoms. The molecule has 0 N–H and O–H groups in total. The summed E-state index contributed by atoms with van der Waals surface area (Å²) in [6.45, 7) is 6.63. The van der Waals surface area contributed by atoms with Gasteiger partial charge in [-0.3, -0.25) is 14.4 Å². The van der Waals surface area contributed by atoms with Crippen LogP contribution in [0, 0.1) is 0 Å². The van der Waals surface area contributed by atoms with Crippen molar-refractivity contribution in [1.82, 2.24) is 0 Å². The zero-order chi connectivity index (χ0) is 57.8. The molecule has 0 saturated heterocycles. The molecule has 0 heterocycles. The highest BCUT2D eigenvalue weighted by atomic mass is 16.6. The Balaban J connectivity index is 4.09. The first-order valence-corrected chi connectivity index (χ1v) is 35.6. The van der Waals surface area contributed by atoms with Crippen LogP contribution in [0.5, 0.6) is 0 Å². The summed E-state index contributed by atoms with van der Waals surface area (Å²) < 4.78 is 16.9. The number of hydrogen-bond acceptors (Lipinski definition) is 6. The third-order valence-electron chi connectivity index (χ3n) is 16.0. The van der Waals surface area contributed by atoms with Crippen molar-refractivity contribution >= 4 is 17.9 Å². The van der Waals surface area contributed by atoms with Crippen molar-refractivity contribution in [2.24, 2.45) is 0 Å². The third kappa shape index (κ3) is 66.2. The van der Waals surface area contributed by atoms with E-state index in [0.29, 0.717) is 19.3 Å². The highest BCUT2D eigenvalue weighted by molar-refractivity contribution is 5.71. The normalized spacial score (nSPS) is 12.3. The van der Waals surface area contributed by atoms with E-state index < -0.39 is 6.10 Å². The maximum absolute atomic E-state index is 12.9. The van der Waals surface area contributed by atoms with Crippen molar-refractivity contribution in [2.45, 2.75) is 393 Å². The molecule has 0 aromatic heterocycles. The molecule has 468 valence electrons. The second-order valence-electron chi connectivity index (χ2n) is 24.1. The Morgan fingerprint density at radius 1 is 0.250 bits per heavy atom. The van der Waals surface area contributed by atoms with Crippen LogP contribution in [0.2, 0.25) is 0 Å². The molecule has 0 amide bonds. The average Bonchev–Trinajstić information content (AvgIpc) is 3.46. The van der Waals surface area contributed by atoms with Crippen molar-refractivity contribution in [2.75, 3.05) is 13.2 Å². The largest absolute Gasteiger partial charge is 0.462 e. The first-order chi connectivity index (χ1) is 39.5. The van der Waals surface area contributed by atoms with Gasteiger partial charge in [0, 0.05) is 19.3 Å². The number of rotatable bonds is 66. The van der Waals surface area contributed by atoms with Crippen LogP contribution >= 0.6 is 0 Å². The Labute approximate surface area is 498 Å². The molecule has 0 aliphatic carbocycles. The van der Waals surface area contributed by atoms with Gasteiger partial charge in [-0.15, -0.1) is 0 Å². The van der Waals surface area contributed by atoms with Crippen molar-refractivity contribution in [1.29, 1.82) is 0 Å². The van der Waals surface area contributed by atoms with E-state index in [-0.39, 0.29) is 31.1 Å². The van der Waals surface area contributed by atoms with E-state index in [0.717, 1.165) is 77.0 Å². The van der Waals surface area contributed by atoms with Gasteiger partial charge in [-0.2, -0.15) is 0 Å². The Hall–Kier alpha value is -2.63. The van der Waals surface area contributed by atoms with E-state index in [4.69, 9.17) is 14.2 Å². The molecular weight excluding hydrogens is 985 g/mol. The van der Waals surface area contributed by atoms with Gasteiger partial charge < -0.3 is 14.2 Å². The van der Waals surface area contributed by atoms with Gasteiger partial charge in [0.1, 0.15) is 13.2 Å². The van der Waals surface area contributed by atoms with Gasteiger partial charge >= 0.3 is 17.9 Å². The van der Waals surface area contributed by atoms with E-state index in [1.807, 2.05) is 0 Å². The van der Waals surface area contributed by atoms with Gasteiger partial charge in [-0.05, 0) is 96.3 Å². The van der Waals surface area contributed by atoms with Crippen LogP contribution in [0.3, 0.4) is 0 Å². The van der Waals surface area contributed by atoms with Crippen LogP contribution in [0.4, 0.5) is 0 Å². The first-order valence-electron chi connectivity index (χ1n) is 35.6. The Kier molecular flexibility index (Phi) is 66.6.